The second-order valence-corrected chi connectivity index (χ2v) is 5.53. The average molecular weight is 265 g/mol. The van der Waals surface area contributed by atoms with Gasteiger partial charge in [0.05, 0.1) is 7.11 Å². The number of rotatable bonds is 4. The summed E-state index contributed by atoms with van der Waals surface area (Å²) in [5, 5.41) is 0. The lowest BCUT2D eigenvalue weighted by Gasteiger charge is -2.27. The van der Waals surface area contributed by atoms with Crippen LogP contribution in [0.25, 0.3) is 0 Å². The van der Waals surface area contributed by atoms with Gasteiger partial charge in [-0.3, -0.25) is 4.90 Å². The fraction of sp³-hybridized carbons (Fsp3) is 0.625. The van der Waals surface area contributed by atoms with E-state index in [0.717, 1.165) is 12.1 Å². The lowest BCUT2D eigenvalue weighted by molar-refractivity contribution is 0.212. The first-order valence-electron chi connectivity index (χ1n) is 7.23. The summed E-state index contributed by atoms with van der Waals surface area (Å²) < 4.78 is 18.6. The number of halogens is 1. The van der Waals surface area contributed by atoms with Crippen LogP contribution in [0.2, 0.25) is 0 Å². The molecule has 3 heteroatoms. The van der Waals surface area contributed by atoms with E-state index in [9.17, 15) is 4.39 Å². The van der Waals surface area contributed by atoms with Crippen LogP contribution in [0.3, 0.4) is 0 Å². The number of hydrogen-bond acceptors (Lipinski definition) is 2. The molecule has 1 saturated carbocycles. The molecular formula is C16H24FNO. The van der Waals surface area contributed by atoms with Gasteiger partial charge in [0.15, 0.2) is 11.6 Å². The summed E-state index contributed by atoms with van der Waals surface area (Å²) >= 11 is 0. The van der Waals surface area contributed by atoms with Crippen molar-refractivity contribution in [3.8, 4) is 5.75 Å². The van der Waals surface area contributed by atoms with Crippen molar-refractivity contribution in [3.63, 3.8) is 0 Å². The van der Waals surface area contributed by atoms with Crippen LogP contribution < -0.4 is 4.74 Å². The van der Waals surface area contributed by atoms with E-state index >= 15 is 0 Å². The Morgan fingerprint density at radius 1 is 1.21 bits per heavy atom. The molecule has 2 nitrogen and oxygen atoms in total. The first kappa shape index (κ1) is 14.3. The smallest absolute Gasteiger partial charge is 0.165 e. The maximum atomic E-state index is 13.7. The molecule has 1 aromatic rings. The highest BCUT2D eigenvalue weighted by molar-refractivity contribution is 5.29. The van der Waals surface area contributed by atoms with E-state index in [2.05, 4.69) is 11.9 Å². The van der Waals surface area contributed by atoms with Gasteiger partial charge in [-0.05, 0) is 37.6 Å². The fourth-order valence-corrected chi connectivity index (χ4v) is 2.92. The van der Waals surface area contributed by atoms with Crippen molar-refractivity contribution in [1.29, 1.82) is 0 Å². The first-order valence-corrected chi connectivity index (χ1v) is 7.23. The van der Waals surface area contributed by atoms with Crippen molar-refractivity contribution in [3.05, 3.63) is 29.6 Å². The van der Waals surface area contributed by atoms with Crippen molar-refractivity contribution < 1.29 is 9.13 Å². The number of ether oxygens (including phenoxy) is 1. The van der Waals surface area contributed by atoms with Crippen LogP contribution in [-0.4, -0.2) is 25.1 Å². The summed E-state index contributed by atoms with van der Waals surface area (Å²) in [6, 6.07) is 5.90. The van der Waals surface area contributed by atoms with Crippen LogP contribution in [0.4, 0.5) is 4.39 Å². The van der Waals surface area contributed by atoms with E-state index in [1.165, 1.54) is 45.6 Å². The van der Waals surface area contributed by atoms with E-state index in [0.29, 0.717) is 11.8 Å². The molecule has 0 amide bonds. The van der Waals surface area contributed by atoms with Gasteiger partial charge >= 0.3 is 0 Å². The van der Waals surface area contributed by atoms with Gasteiger partial charge in [0.1, 0.15) is 0 Å². The zero-order valence-corrected chi connectivity index (χ0v) is 12.0. The van der Waals surface area contributed by atoms with Crippen LogP contribution in [0.15, 0.2) is 18.2 Å². The molecule has 0 unspecified atom stereocenters. The molecule has 0 bridgehead atoms. The molecule has 19 heavy (non-hydrogen) atoms. The van der Waals surface area contributed by atoms with Gasteiger partial charge in [-0.1, -0.05) is 31.7 Å². The monoisotopic (exact) mass is 265 g/mol. The molecule has 1 aliphatic carbocycles. The molecule has 0 heterocycles. The Hall–Kier alpha value is -1.09. The number of methoxy groups -OCH3 is 1. The third kappa shape index (κ3) is 3.93. The predicted octanol–water partition coefficient (Wildman–Crippen LogP) is 3.99. The second kappa shape index (κ2) is 6.90. The first-order chi connectivity index (χ1) is 9.20. The SMILES string of the molecule is COc1ccc(CN(C)C2CCCCCC2)cc1F. The van der Waals surface area contributed by atoms with Gasteiger partial charge in [-0.2, -0.15) is 0 Å². The molecular weight excluding hydrogens is 241 g/mol. The molecule has 1 aromatic carbocycles. The van der Waals surface area contributed by atoms with Crippen molar-refractivity contribution in [1.82, 2.24) is 4.90 Å². The molecule has 0 saturated heterocycles. The van der Waals surface area contributed by atoms with Crippen LogP contribution in [0.5, 0.6) is 5.75 Å². The Morgan fingerprint density at radius 2 is 1.89 bits per heavy atom. The van der Waals surface area contributed by atoms with Crippen molar-refractivity contribution >= 4 is 0 Å². The highest BCUT2D eigenvalue weighted by Crippen LogP contribution is 2.23. The van der Waals surface area contributed by atoms with Gasteiger partial charge in [0, 0.05) is 12.6 Å². The van der Waals surface area contributed by atoms with Gasteiger partial charge in [0.25, 0.3) is 0 Å². The van der Waals surface area contributed by atoms with E-state index in [4.69, 9.17) is 4.74 Å². The standard InChI is InChI=1S/C16H24FNO/c1-18(14-7-5-3-4-6-8-14)12-13-9-10-16(19-2)15(17)11-13/h9-11,14H,3-8,12H2,1-2H3. The Kier molecular flexibility index (Phi) is 5.20. The van der Waals surface area contributed by atoms with Crippen LogP contribution >= 0.6 is 0 Å². The Labute approximate surface area is 115 Å². The number of nitrogens with zero attached hydrogens (tertiary/aromatic N) is 1. The Balaban J connectivity index is 1.97. The molecule has 1 aliphatic rings. The Morgan fingerprint density at radius 3 is 2.47 bits per heavy atom. The maximum Gasteiger partial charge on any atom is 0.165 e. The molecule has 0 atom stereocenters. The summed E-state index contributed by atoms with van der Waals surface area (Å²) in [6.07, 6.45) is 7.92. The zero-order chi connectivity index (χ0) is 13.7. The third-order valence-electron chi connectivity index (χ3n) is 4.10. The lowest BCUT2D eigenvalue weighted by Crippen LogP contribution is -2.30. The predicted molar refractivity (Wildman–Crippen MR) is 75.9 cm³/mol. The molecule has 0 radical (unpaired) electrons. The zero-order valence-electron chi connectivity index (χ0n) is 12.0. The topological polar surface area (TPSA) is 12.5 Å². The van der Waals surface area contributed by atoms with E-state index in [1.54, 1.807) is 12.1 Å². The third-order valence-corrected chi connectivity index (χ3v) is 4.10. The highest BCUT2D eigenvalue weighted by atomic mass is 19.1. The Bertz CT molecular complexity index is 400. The fourth-order valence-electron chi connectivity index (χ4n) is 2.92. The molecule has 1 fully saturated rings. The van der Waals surface area contributed by atoms with E-state index in [-0.39, 0.29) is 5.82 Å². The summed E-state index contributed by atoms with van der Waals surface area (Å²) in [5.74, 6) is 0.0511. The number of benzene rings is 1. The van der Waals surface area contributed by atoms with Crippen LogP contribution in [0.1, 0.15) is 44.1 Å². The van der Waals surface area contributed by atoms with Crippen molar-refractivity contribution in [2.45, 2.75) is 51.1 Å². The minimum Gasteiger partial charge on any atom is -0.494 e. The normalized spacial score (nSPS) is 17.5. The van der Waals surface area contributed by atoms with Gasteiger partial charge < -0.3 is 4.74 Å². The highest BCUT2D eigenvalue weighted by Gasteiger charge is 2.17. The van der Waals surface area contributed by atoms with E-state index in [1.807, 2.05) is 6.07 Å². The molecule has 0 N–H and O–H groups in total. The number of hydrogen-bond donors (Lipinski definition) is 0. The molecule has 106 valence electrons. The molecule has 0 aromatic heterocycles. The summed E-state index contributed by atoms with van der Waals surface area (Å²) in [5.41, 5.74) is 1.02. The lowest BCUT2D eigenvalue weighted by atomic mass is 10.1. The summed E-state index contributed by atoms with van der Waals surface area (Å²) in [7, 11) is 3.65. The average Bonchev–Trinajstić information content (AvgIpc) is 2.68. The minimum atomic E-state index is -0.269. The summed E-state index contributed by atoms with van der Waals surface area (Å²) in [6.45, 7) is 0.811. The largest absolute Gasteiger partial charge is 0.494 e. The van der Waals surface area contributed by atoms with Crippen molar-refractivity contribution in [2.75, 3.05) is 14.2 Å². The second-order valence-electron chi connectivity index (χ2n) is 5.53. The summed E-state index contributed by atoms with van der Waals surface area (Å²) in [4.78, 5) is 2.37. The van der Waals surface area contributed by atoms with Gasteiger partial charge in [-0.25, -0.2) is 4.39 Å². The molecule has 0 aliphatic heterocycles. The maximum absolute atomic E-state index is 13.7. The molecule has 2 rings (SSSR count). The minimum absolute atomic E-state index is 0.269. The van der Waals surface area contributed by atoms with Gasteiger partial charge in [0.2, 0.25) is 0 Å². The van der Waals surface area contributed by atoms with E-state index < -0.39 is 0 Å². The van der Waals surface area contributed by atoms with Crippen molar-refractivity contribution in [2.24, 2.45) is 0 Å². The van der Waals surface area contributed by atoms with Crippen LogP contribution in [0, 0.1) is 5.82 Å². The van der Waals surface area contributed by atoms with Crippen LogP contribution in [-0.2, 0) is 6.54 Å². The van der Waals surface area contributed by atoms with Gasteiger partial charge in [-0.15, -0.1) is 0 Å². The molecule has 0 spiro atoms. The quantitative estimate of drug-likeness (QED) is 0.763.